The second kappa shape index (κ2) is 10.6. The molecule has 1 N–H and O–H groups in total. The summed E-state index contributed by atoms with van der Waals surface area (Å²) in [6, 6.07) is 2.23. The van der Waals surface area contributed by atoms with Crippen molar-refractivity contribution in [2.75, 3.05) is 12.4 Å². The normalized spacial score (nSPS) is 16.0. The van der Waals surface area contributed by atoms with Gasteiger partial charge in [0.15, 0.2) is 11.6 Å². The molecule has 0 radical (unpaired) electrons. The highest BCUT2D eigenvalue weighted by Gasteiger charge is 2.31. The molecule has 1 atom stereocenters. The molecule has 0 saturated carbocycles. The molecule has 1 aliphatic carbocycles. The van der Waals surface area contributed by atoms with E-state index in [0.29, 0.717) is 23.6 Å². The van der Waals surface area contributed by atoms with Crippen LogP contribution >= 0.6 is 0 Å². The maximum absolute atomic E-state index is 12.8. The fraction of sp³-hybridized carbons (Fsp3) is 0.407. The van der Waals surface area contributed by atoms with Gasteiger partial charge in [0.1, 0.15) is 0 Å². The Kier molecular flexibility index (Phi) is 7.58. The molecule has 12 heteroatoms. The number of alkyl halides is 3. The van der Waals surface area contributed by atoms with Gasteiger partial charge in [-0.3, -0.25) is 9.59 Å². The predicted octanol–water partition coefficient (Wildman–Crippen LogP) is 5.08. The van der Waals surface area contributed by atoms with E-state index in [2.05, 4.69) is 31.4 Å². The molecule has 2 amide bonds. The lowest BCUT2D eigenvalue weighted by Crippen LogP contribution is -2.43. The lowest BCUT2D eigenvalue weighted by Gasteiger charge is -2.34. The van der Waals surface area contributed by atoms with E-state index in [4.69, 9.17) is 0 Å². The van der Waals surface area contributed by atoms with E-state index in [1.807, 2.05) is 32.7 Å². The summed E-state index contributed by atoms with van der Waals surface area (Å²) < 4.78 is 39.7. The Morgan fingerprint density at radius 1 is 1.05 bits per heavy atom. The van der Waals surface area contributed by atoms with E-state index >= 15 is 0 Å². The quantitative estimate of drug-likeness (QED) is 0.483. The topological polar surface area (TPSA) is 106 Å². The van der Waals surface area contributed by atoms with Crippen molar-refractivity contribution >= 4 is 23.1 Å². The summed E-state index contributed by atoms with van der Waals surface area (Å²) >= 11 is 0. The van der Waals surface area contributed by atoms with Crippen LogP contribution in [0.1, 0.15) is 67.5 Å². The van der Waals surface area contributed by atoms with Gasteiger partial charge in [0, 0.05) is 24.7 Å². The van der Waals surface area contributed by atoms with Gasteiger partial charge in [0.25, 0.3) is 5.91 Å². The van der Waals surface area contributed by atoms with E-state index in [0.717, 1.165) is 30.7 Å². The van der Waals surface area contributed by atoms with Crippen molar-refractivity contribution in [3.05, 3.63) is 65.6 Å². The first-order valence-corrected chi connectivity index (χ1v) is 12.4. The molecule has 4 rings (SSSR count). The molecule has 0 saturated heterocycles. The average Bonchev–Trinajstić information content (AvgIpc) is 3.28. The minimum Gasteiger partial charge on any atom is -0.342 e. The molecular formula is C27H30F3N7O2. The van der Waals surface area contributed by atoms with Crippen LogP contribution in [0.2, 0.25) is 0 Å². The van der Waals surface area contributed by atoms with Gasteiger partial charge < -0.3 is 10.2 Å². The van der Waals surface area contributed by atoms with Crippen LogP contribution in [0.3, 0.4) is 0 Å². The first-order chi connectivity index (χ1) is 18.3. The smallest absolute Gasteiger partial charge is 0.342 e. The molecule has 3 aromatic rings. The number of anilines is 1. The Morgan fingerprint density at radius 2 is 1.74 bits per heavy atom. The lowest BCUT2D eigenvalue weighted by atomic mass is 9.90. The number of aromatic nitrogens is 5. The van der Waals surface area contributed by atoms with E-state index in [1.165, 1.54) is 29.3 Å². The molecule has 0 aromatic carbocycles. The Hall–Kier alpha value is -4.09. The molecular weight excluding hydrogens is 511 g/mol. The third kappa shape index (κ3) is 6.15. The number of rotatable bonds is 5. The monoisotopic (exact) mass is 541 g/mol. The van der Waals surface area contributed by atoms with Crippen molar-refractivity contribution in [3.8, 4) is 5.82 Å². The Morgan fingerprint density at radius 3 is 2.28 bits per heavy atom. The molecule has 39 heavy (non-hydrogen) atoms. The maximum Gasteiger partial charge on any atom is 0.417 e. The van der Waals surface area contributed by atoms with Crippen molar-refractivity contribution in [2.24, 2.45) is 5.41 Å². The number of hydrogen-bond acceptors (Lipinski definition) is 6. The standard InChI is InChI=1S/C27H30F3N7O2/c1-16-21(15-34-37(16)22-11-8-18(12-31-22)27(28,29)30)24(38)35-19-13-32-23(33-14-19)17-6-9-20(10-7-17)36(5)25(39)26(2,3)4/h6,8,11-15,20H,7,9-10H2,1-5H3,(H,35,38). The van der Waals surface area contributed by atoms with Crippen molar-refractivity contribution in [3.63, 3.8) is 0 Å². The summed E-state index contributed by atoms with van der Waals surface area (Å²) in [7, 11) is 1.84. The predicted molar refractivity (Wildman–Crippen MR) is 139 cm³/mol. The Labute approximate surface area is 224 Å². The van der Waals surface area contributed by atoms with Gasteiger partial charge in [-0.15, -0.1) is 0 Å². The van der Waals surface area contributed by atoms with Gasteiger partial charge >= 0.3 is 6.18 Å². The highest BCUT2D eigenvalue weighted by atomic mass is 19.4. The maximum atomic E-state index is 12.8. The van der Waals surface area contributed by atoms with Crippen molar-refractivity contribution < 1.29 is 22.8 Å². The summed E-state index contributed by atoms with van der Waals surface area (Å²) in [6.07, 6.45) is 4.89. The SMILES string of the molecule is Cc1c(C(=O)Nc2cnc(C3=CCC(N(C)C(=O)C(C)(C)C)CC3)nc2)cnn1-c1ccc(C(F)(F)F)cn1. The van der Waals surface area contributed by atoms with Gasteiger partial charge in [-0.05, 0) is 43.9 Å². The molecule has 3 aromatic heterocycles. The van der Waals surface area contributed by atoms with Crippen LogP contribution in [0.15, 0.2) is 43.0 Å². The van der Waals surface area contributed by atoms with E-state index in [-0.39, 0.29) is 23.3 Å². The van der Waals surface area contributed by atoms with Crippen LogP contribution in [0.25, 0.3) is 11.4 Å². The fourth-order valence-corrected chi connectivity index (χ4v) is 4.37. The van der Waals surface area contributed by atoms with E-state index in [1.54, 1.807) is 6.92 Å². The van der Waals surface area contributed by atoms with Crippen molar-refractivity contribution in [1.82, 2.24) is 29.6 Å². The molecule has 1 aliphatic rings. The van der Waals surface area contributed by atoms with Crippen molar-refractivity contribution in [1.29, 1.82) is 0 Å². The summed E-state index contributed by atoms with van der Waals surface area (Å²) in [5, 5.41) is 6.83. The van der Waals surface area contributed by atoms with Gasteiger partial charge in [-0.2, -0.15) is 18.3 Å². The van der Waals surface area contributed by atoms with Crippen LogP contribution in [0.5, 0.6) is 0 Å². The number of carbonyl (C=O) groups excluding carboxylic acids is 2. The van der Waals surface area contributed by atoms with Crippen LogP contribution in [0.4, 0.5) is 18.9 Å². The molecule has 0 spiro atoms. The summed E-state index contributed by atoms with van der Waals surface area (Å²) in [4.78, 5) is 39.9. The number of carbonyl (C=O) groups is 2. The zero-order valence-electron chi connectivity index (χ0n) is 22.4. The van der Waals surface area contributed by atoms with Gasteiger partial charge in [-0.25, -0.2) is 19.6 Å². The third-order valence-corrected chi connectivity index (χ3v) is 6.64. The first kappa shape index (κ1) is 27.9. The van der Waals surface area contributed by atoms with Gasteiger partial charge in [0.2, 0.25) is 5.91 Å². The summed E-state index contributed by atoms with van der Waals surface area (Å²) in [5.41, 5.74) is 0.711. The molecule has 0 aliphatic heterocycles. The lowest BCUT2D eigenvalue weighted by molar-refractivity contribution is -0.140. The van der Waals surface area contributed by atoms with E-state index in [9.17, 15) is 22.8 Å². The summed E-state index contributed by atoms with van der Waals surface area (Å²) in [5.74, 6) is 0.364. The van der Waals surface area contributed by atoms with Crippen LogP contribution in [-0.2, 0) is 11.0 Å². The second-order valence-corrected chi connectivity index (χ2v) is 10.5. The minimum atomic E-state index is -4.49. The third-order valence-electron chi connectivity index (χ3n) is 6.64. The van der Waals surface area contributed by atoms with Gasteiger partial charge in [-0.1, -0.05) is 26.8 Å². The molecule has 3 heterocycles. The average molecular weight is 542 g/mol. The zero-order valence-corrected chi connectivity index (χ0v) is 22.4. The Balaban J connectivity index is 1.40. The fourth-order valence-electron chi connectivity index (χ4n) is 4.37. The largest absolute Gasteiger partial charge is 0.417 e. The first-order valence-electron chi connectivity index (χ1n) is 12.4. The number of nitrogens with zero attached hydrogens (tertiary/aromatic N) is 6. The number of halogens is 3. The second-order valence-electron chi connectivity index (χ2n) is 10.5. The number of amides is 2. The van der Waals surface area contributed by atoms with Crippen LogP contribution in [0, 0.1) is 12.3 Å². The van der Waals surface area contributed by atoms with Crippen molar-refractivity contribution in [2.45, 2.75) is 59.2 Å². The molecule has 206 valence electrons. The number of nitrogens with one attached hydrogen (secondary N) is 1. The molecule has 0 bridgehead atoms. The zero-order chi connectivity index (χ0) is 28.5. The number of allylic oxidation sites excluding steroid dienone is 1. The highest BCUT2D eigenvalue weighted by molar-refractivity contribution is 6.04. The number of pyridine rings is 1. The Bertz CT molecular complexity index is 1390. The minimum absolute atomic E-state index is 0.108. The van der Waals surface area contributed by atoms with Gasteiger partial charge in [0.05, 0.1) is 41.1 Å². The highest BCUT2D eigenvalue weighted by Crippen LogP contribution is 2.30. The van der Waals surface area contributed by atoms with E-state index < -0.39 is 23.1 Å². The van der Waals surface area contributed by atoms with Crippen LogP contribution < -0.4 is 5.32 Å². The molecule has 0 fully saturated rings. The molecule has 1 unspecified atom stereocenters. The molecule has 9 nitrogen and oxygen atoms in total. The van der Waals surface area contributed by atoms with Crippen LogP contribution in [-0.4, -0.2) is 54.5 Å². The number of hydrogen-bond donors (Lipinski definition) is 1. The summed E-state index contributed by atoms with van der Waals surface area (Å²) in [6.45, 7) is 7.35.